The van der Waals surface area contributed by atoms with Gasteiger partial charge in [0.15, 0.2) is 0 Å². The molecule has 29 heavy (non-hydrogen) atoms. The Labute approximate surface area is 176 Å². The molecule has 1 heterocycles. The lowest BCUT2D eigenvalue weighted by Crippen LogP contribution is -2.29. The fourth-order valence-electron chi connectivity index (χ4n) is 2.83. The van der Waals surface area contributed by atoms with E-state index in [2.05, 4.69) is 22.9 Å². The highest BCUT2D eigenvalue weighted by Crippen LogP contribution is 2.33. The normalized spacial score (nSPS) is 10.6. The molecule has 0 saturated heterocycles. The van der Waals surface area contributed by atoms with Gasteiger partial charge in [-0.3, -0.25) is 10.1 Å². The van der Waals surface area contributed by atoms with Gasteiger partial charge in [0.2, 0.25) is 0 Å². The minimum absolute atomic E-state index is 0.0493. The van der Waals surface area contributed by atoms with Gasteiger partial charge in [0.05, 0.1) is 10.4 Å². The number of ether oxygens (including phenoxy) is 1. The Bertz CT molecular complexity index is 675. The Morgan fingerprint density at radius 1 is 1.00 bits per heavy atom. The smallest absolute Gasteiger partial charge is 0.339 e. The summed E-state index contributed by atoms with van der Waals surface area (Å²) in [5.74, 6) is -1.53. The molecule has 0 aliphatic rings. The van der Waals surface area contributed by atoms with Crippen LogP contribution in [-0.4, -0.2) is 49.8 Å². The lowest BCUT2D eigenvalue weighted by molar-refractivity contribution is 0.0697. The van der Waals surface area contributed by atoms with E-state index in [1.807, 2.05) is 0 Å². The van der Waals surface area contributed by atoms with Crippen LogP contribution in [-0.2, 0) is 4.74 Å². The summed E-state index contributed by atoms with van der Waals surface area (Å²) in [7, 11) is 1.58. The molecule has 0 aliphatic carbocycles. The van der Waals surface area contributed by atoms with Crippen LogP contribution in [0, 0.1) is 6.92 Å². The van der Waals surface area contributed by atoms with Gasteiger partial charge in [-0.2, -0.15) is 0 Å². The van der Waals surface area contributed by atoms with Crippen molar-refractivity contribution in [2.45, 2.75) is 58.8 Å². The van der Waals surface area contributed by atoms with Crippen LogP contribution >= 0.6 is 11.3 Å². The molecule has 0 unspecified atom stereocenters. The number of carboxylic acids is 1. The molecule has 0 spiro atoms. The van der Waals surface area contributed by atoms with E-state index in [0.717, 1.165) is 30.6 Å². The molecule has 1 aromatic rings. The number of unbranched alkanes of at least 4 members (excludes halogenated alkanes) is 5. The van der Waals surface area contributed by atoms with Gasteiger partial charge >= 0.3 is 12.0 Å². The second-order valence-corrected chi connectivity index (χ2v) is 7.84. The van der Waals surface area contributed by atoms with Crippen LogP contribution in [0.5, 0.6) is 0 Å². The Morgan fingerprint density at radius 2 is 1.66 bits per heavy atom. The van der Waals surface area contributed by atoms with E-state index in [9.17, 15) is 19.5 Å². The third-order valence-corrected chi connectivity index (χ3v) is 5.63. The van der Waals surface area contributed by atoms with Gasteiger partial charge in [0.1, 0.15) is 5.00 Å². The van der Waals surface area contributed by atoms with Gasteiger partial charge in [-0.1, -0.05) is 39.0 Å². The van der Waals surface area contributed by atoms with Crippen molar-refractivity contribution < 1.29 is 24.2 Å². The van der Waals surface area contributed by atoms with Crippen LogP contribution in [0.4, 0.5) is 9.80 Å². The van der Waals surface area contributed by atoms with Crippen LogP contribution in [0.15, 0.2) is 0 Å². The number of hydrogen-bond acceptors (Lipinski definition) is 5. The SMILES string of the molecule is CCCCCCCCNC(=O)Nc1sc(C(=O)NCCCOC)c(C)c1C(=O)O. The van der Waals surface area contributed by atoms with E-state index >= 15 is 0 Å². The molecule has 4 N–H and O–H groups in total. The molecule has 0 bridgehead atoms. The predicted octanol–water partition coefficient (Wildman–Crippen LogP) is 4.00. The first-order valence-corrected chi connectivity index (χ1v) is 10.9. The third kappa shape index (κ3) is 8.82. The lowest BCUT2D eigenvalue weighted by atomic mass is 10.1. The maximum atomic E-state index is 12.4. The summed E-state index contributed by atoms with van der Waals surface area (Å²) in [6.45, 7) is 5.21. The summed E-state index contributed by atoms with van der Waals surface area (Å²) in [4.78, 5) is 36.4. The number of amides is 3. The molecule has 9 heteroatoms. The van der Waals surface area contributed by atoms with Gasteiger partial charge in [-0.25, -0.2) is 9.59 Å². The molecule has 0 aliphatic heterocycles. The number of anilines is 1. The summed E-state index contributed by atoms with van der Waals surface area (Å²) in [5.41, 5.74) is 0.296. The number of rotatable bonds is 14. The summed E-state index contributed by atoms with van der Waals surface area (Å²) in [5, 5.41) is 17.7. The molecule has 0 aromatic carbocycles. The molecule has 0 atom stereocenters. The lowest BCUT2D eigenvalue weighted by Gasteiger charge is -2.07. The topological polar surface area (TPSA) is 117 Å². The maximum absolute atomic E-state index is 12.4. The second-order valence-electron chi connectivity index (χ2n) is 6.82. The average Bonchev–Trinajstić information content (AvgIpc) is 3.00. The molecule has 3 amide bonds. The molecule has 8 nitrogen and oxygen atoms in total. The number of carbonyl (C=O) groups is 3. The van der Waals surface area contributed by atoms with Crippen LogP contribution in [0.25, 0.3) is 0 Å². The van der Waals surface area contributed by atoms with Gasteiger partial charge in [0.25, 0.3) is 5.91 Å². The molecule has 0 saturated carbocycles. The van der Waals surface area contributed by atoms with Crippen molar-refractivity contribution in [2.75, 3.05) is 32.1 Å². The minimum Gasteiger partial charge on any atom is -0.478 e. The number of hydrogen-bond donors (Lipinski definition) is 4. The number of carbonyl (C=O) groups excluding carboxylic acids is 2. The first-order valence-electron chi connectivity index (χ1n) is 10.1. The average molecular weight is 428 g/mol. The van der Waals surface area contributed by atoms with Crippen LogP contribution in [0.3, 0.4) is 0 Å². The van der Waals surface area contributed by atoms with Crippen molar-refractivity contribution in [1.29, 1.82) is 0 Å². The summed E-state index contributed by atoms with van der Waals surface area (Å²) >= 11 is 0.971. The van der Waals surface area contributed by atoms with E-state index in [1.54, 1.807) is 14.0 Å². The largest absolute Gasteiger partial charge is 0.478 e. The summed E-state index contributed by atoms with van der Waals surface area (Å²) in [6, 6.07) is -0.464. The van der Waals surface area contributed by atoms with Crippen molar-refractivity contribution in [3.8, 4) is 0 Å². The minimum atomic E-state index is -1.18. The van der Waals surface area contributed by atoms with Crippen molar-refractivity contribution >= 4 is 34.2 Å². The fraction of sp³-hybridized carbons (Fsp3) is 0.650. The number of methoxy groups -OCH3 is 1. The van der Waals surface area contributed by atoms with E-state index < -0.39 is 12.0 Å². The maximum Gasteiger partial charge on any atom is 0.339 e. The van der Waals surface area contributed by atoms with E-state index in [1.165, 1.54) is 19.3 Å². The van der Waals surface area contributed by atoms with Gasteiger partial charge < -0.3 is 20.5 Å². The highest BCUT2D eigenvalue weighted by atomic mass is 32.1. The molecular weight excluding hydrogens is 394 g/mol. The monoisotopic (exact) mass is 427 g/mol. The Hall–Kier alpha value is -2.13. The van der Waals surface area contributed by atoms with Crippen LogP contribution in [0.2, 0.25) is 0 Å². The Morgan fingerprint density at radius 3 is 2.31 bits per heavy atom. The van der Waals surface area contributed by atoms with E-state index in [0.29, 0.717) is 31.7 Å². The zero-order valence-electron chi connectivity index (χ0n) is 17.6. The number of aromatic carboxylic acids is 1. The number of thiophene rings is 1. The van der Waals surface area contributed by atoms with E-state index in [-0.39, 0.29) is 21.3 Å². The van der Waals surface area contributed by atoms with Gasteiger partial charge in [-0.05, 0) is 25.3 Å². The molecule has 0 fully saturated rings. The van der Waals surface area contributed by atoms with Crippen molar-refractivity contribution in [3.63, 3.8) is 0 Å². The first-order chi connectivity index (χ1) is 13.9. The second kappa shape index (κ2) is 13.9. The zero-order chi connectivity index (χ0) is 21.6. The van der Waals surface area contributed by atoms with Gasteiger partial charge in [-0.15, -0.1) is 11.3 Å². The van der Waals surface area contributed by atoms with Gasteiger partial charge in [0, 0.05) is 26.8 Å². The third-order valence-electron chi connectivity index (χ3n) is 4.42. The van der Waals surface area contributed by atoms with Crippen LogP contribution < -0.4 is 16.0 Å². The zero-order valence-corrected chi connectivity index (χ0v) is 18.4. The molecule has 1 rings (SSSR count). The van der Waals surface area contributed by atoms with E-state index in [4.69, 9.17) is 4.74 Å². The van der Waals surface area contributed by atoms with Crippen molar-refractivity contribution in [2.24, 2.45) is 0 Å². The number of carboxylic acid groups (broad SMARTS) is 1. The van der Waals surface area contributed by atoms with Crippen LogP contribution in [0.1, 0.15) is 77.5 Å². The fourth-order valence-corrected chi connectivity index (χ4v) is 3.94. The molecule has 0 radical (unpaired) electrons. The highest BCUT2D eigenvalue weighted by molar-refractivity contribution is 7.18. The number of nitrogens with one attached hydrogen (secondary N) is 3. The van der Waals surface area contributed by atoms with Crippen molar-refractivity contribution in [3.05, 3.63) is 16.0 Å². The first kappa shape index (κ1) is 24.9. The van der Waals surface area contributed by atoms with Crippen molar-refractivity contribution in [1.82, 2.24) is 10.6 Å². The quantitative estimate of drug-likeness (QED) is 0.335. The molecule has 164 valence electrons. The number of urea groups is 1. The molecular formula is C20H33N3O5S. The summed E-state index contributed by atoms with van der Waals surface area (Å²) in [6.07, 6.45) is 7.35. The molecule has 1 aromatic heterocycles. The predicted molar refractivity (Wildman–Crippen MR) is 115 cm³/mol. The highest BCUT2D eigenvalue weighted by Gasteiger charge is 2.25. The summed E-state index contributed by atoms with van der Waals surface area (Å²) < 4.78 is 4.94. The Balaban J connectivity index is 2.62. The Kier molecular flexibility index (Phi) is 12.0. The standard InChI is InChI=1S/C20H33N3O5S/c1-4-5-6-7-8-9-11-22-20(27)23-18-15(19(25)26)14(2)16(29-18)17(24)21-12-10-13-28-3/h4-13H2,1-3H3,(H,21,24)(H,25,26)(H2,22,23,27).